The summed E-state index contributed by atoms with van der Waals surface area (Å²) in [5, 5.41) is 3.71. The second-order valence-electron chi connectivity index (χ2n) is 4.94. The predicted octanol–water partition coefficient (Wildman–Crippen LogP) is 2.34. The number of hydrogen-bond acceptors (Lipinski definition) is 7. The van der Waals surface area contributed by atoms with E-state index in [0.717, 1.165) is 10.2 Å². The van der Waals surface area contributed by atoms with E-state index in [-0.39, 0.29) is 10.8 Å². The van der Waals surface area contributed by atoms with Gasteiger partial charge in [0, 0.05) is 0 Å². The Morgan fingerprint density at radius 3 is 2.69 bits per heavy atom. The van der Waals surface area contributed by atoms with Gasteiger partial charge in [0.1, 0.15) is 22.7 Å². The largest absolute Gasteiger partial charge is 0.495 e. The Morgan fingerprint density at radius 1 is 1.15 bits per heavy atom. The fraction of sp³-hybridized carbons (Fsp3) is 0.125. The lowest BCUT2D eigenvalue weighted by atomic mass is 10.3. The summed E-state index contributed by atoms with van der Waals surface area (Å²) < 4.78 is 11.2. The van der Waals surface area contributed by atoms with Crippen LogP contribution >= 0.6 is 23.6 Å². The van der Waals surface area contributed by atoms with Crippen molar-refractivity contribution in [3.8, 4) is 11.5 Å². The molecule has 2 heterocycles. The van der Waals surface area contributed by atoms with Crippen molar-refractivity contribution in [3.63, 3.8) is 0 Å². The van der Waals surface area contributed by atoms with Crippen LogP contribution in [0.25, 0.3) is 10.2 Å². The van der Waals surface area contributed by atoms with Gasteiger partial charge in [-0.1, -0.05) is 17.4 Å². The highest BCUT2D eigenvalue weighted by atomic mass is 32.1. The number of amides is 1. The number of nitrogens with zero attached hydrogens (tertiary/aromatic N) is 2. The molecule has 0 radical (unpaired) electrons. The molecule has 3 N–H and O–H groups in total. The summed E-state index contributed by atoms with van der Waals surface area (Å²) in [6, 6.07) is 8.86. The lowest BCUT2D eigenvalue weighted by Crippen LogP contribution is -2.44. The molecule has 3 aromatic rings. The van der Waals surface area contributed by atoms with E-state index in [2.05, 4.69) is 26.1 Å². The van der Waals surface area contributed by atoms with Crippen molar-refractivity contribution < 1.29 is 14.3 Å². The number of carbonyl (C=O) groups is 1. The molecule has 0 aliphatic heterocycles. The molecule has 1 amide bonds. The number of pyridine rings is 1. The van der Waals surface area contributed by atoms with Crippen LogP contribution in [0, 0.1) is 0 Å². The number of carbonyl (C=O) groups excluding carboxylic acids is 1. The number of aromatic nitrogens is 2. The third kappa shape index (κ3) is 3.98. The molecule has 8 nitrogen and oxygen atoms in total. The van der Waals surface area contributed by atoms with Gasteiger partial charge >= 0.3 is 0 Å². The SMILES string of the molecule is COc1ccc(C(=O)NNC(=S)Nc2nc3c(OC)cccc3s2)nc1. The number of benzene rings is 1. The van der Waals surface area contributed by atoms with Gasteiger partial charge in [0.05, 0.1) is 25.1 Å². The maximum atomic E-state index is 12.0. The Balaban J connectivity index is 1.59. The van der Waals surface area contributed by atoms with E-state index < -0.39 is 5.91 Å². The second-order valence-corrected chi connectivity index (χ2v) is 6.38. The van der Waals surface area contributed by atoms with Gasteiger partial charge in [0.15, 0.2) is 10.2 Å². The zero-order valence-electron chi connectivity index (χ0n) is 13.9. The maximum absolute atomic E-state index is 12.0. The summed E-state index contributed by atoms with van der Waals surface area (Å²) in [6.45, 7) is 0. The molecule has 26 heavy (non-hydrogen) atoms. The van der Waals surface area contributed by atoms with Gasteiger partial charge in [-0.3, -0.25) is 15.6 Å². The van der Waals surface area contributed by atoms with Crippen LogP contribution in [0.1, 0.15) is 10.5 Å². The van der Waals surface area contributed by atoms with Crippen molar-refractivity contribution in [2.75, 3.05) is 19.5 Å². The van der Waals surface area contributed by atoms with E-state index >= 15 is 0 Å². The minimum Gasteiger partial charge on any atom is -0.495 e. The number of hydrazine groups is 1. The quantitative estimate of drug-likeness (QED) is 0.462. The minimum absolute atomic E-state index is 0.199. The summed E-state index contributed by atoms with van der Waals surface area (Å²) >= 11 is 6.59. The molecule has 0 spiro atoms. The zero-order valence-corrected chi connectivity index (χ0v) is 15.5. The topological polar surface area (TPSA) is 97.4 Å². The number of anilines is 1. The summed E-state index contributed by atoms with van der Waals surface area (Å²) in [7, 11) is 3.12. The van der Waals surface area contributed by atoms with Crippen LogP contribution < -0.4 is 25.6 Å². The third-order valence-corrected chi connectivity index (χ3v) is 4.46. The van der Waals surface area contributed by atoms with Crippen LogP contribution in [-0.2, 0) is 0 Å². The van der Waals surface area contributed by atoms with Crippen LogP contribution in [0.15, 0.2) is 36.5 Å². The average molecular weight is 389 g/mol. The van der Waals surface area contributed by atoms with Gasteiger partial charge < -0.3 is 14.8 Å². The van der Waals surface area contributed by atoms with Crippen LogP contribution in [-0.4, -0.2) is 35.2 Å². The number of fused-ring (bicyclic) bond motifs is 1. The molecule has 1 aromatic carbocycles. The van der Waals surface area contributed by atoms with Crippen LogP contribution in [0.2, 0.25) is 0 Å². The van der Waals surface area contributed by atoms with Gasteiger partial charge in [0.2, 0.25) is 0 Å². The molecule has 0 fully saturated rings. The molecule has 0 bridgehead atoms. The van der Waals surface area contributed by atoms with E-state index in [1.807, 2.05) is 18.2 Å². The van der Waals surface area contributed by atoms with E-state index in [1.54, 1.807) is 19.2 Å². The van der Waals surface area contributed by atoms with E-state index in [1.165, 1.54) is 24.6 Å². The fourth-order valence-corrected chi connectivity index (χ4v) is 3.18. The summed E-state index contributed by atoms with van der Waals surface area (Å²) in [6.07, 6.45) is 1.46. The molecule has 0 aliphatic rings. The van der Waals surface area contributed by atoms with Gasteiger partial charge in [-0.2, -0.15) is 0 Å². The first-order valence-corrected chi connectivity index (χ1v) is 8.64. The molecule has 10 heteroatoms. The van der Waals surface area contributed by atoms with Crippen molar-refractivity contribution in [1.29, 1.82) is 0 Å². The number of methoxy groups -OCH3 is 2. The maximum Gasteiger partial charge on any atom is 0.288 e. The molecule has 0 unspecified atom stereocenters. The first-order chi connectivity index (χ1) is 12.6. The fourth-order valence-electron chi connectivity index (χ4n) is 2.08. The van der Waals surface area contributed by atoms with Gasteiger partial charge in [-0.05, 0) is 36.5 Å². The first kappa shape index (κ1) is 17.8. The summed E-state index contributed by atoms with van der Waals surface area (Å²) in [5.41, 5.74) is 6.06. The highest BCUT2D eigenvalue weighted by Gasteiger charge is 2.11. The molecule has 0 saturated carbocycles. The van der Waals surface area contributed by atoms with Crippen molar-refractivity contribution in [2.24, 2.45) is 0 Å². The standard InChI is InChI=1S/C16H15N5O3S2/c1-23-9-6-7-10(17-8-9)14(22)20-21-15(25)19-16-18-13-11(24-2)4-3-5-12(13)26-16/h3-8H,1-2H3,(H,20,22)(H2,18,19,21,25). The smallest absolute Gasteiger partial charge is 0.288 e. The average Bonchev–Trinajstić information content (AvgIpc) is 3.08. The van der Waals surface area contributed by atoms with Crippen LogP contribution in [0.5, 0.6) is 11.5 Å². The highest BCUT2D eigenvalue weighted by molar-refractivity contribution is 7.80. The molecule has 3 rings (SSSR count). The van der Waals surface area contributed by atoms with Crippen LogP contribution in [0.4, 0.5) is 5.13 Å². The van der Waals surface area contributed by atoms with Gasteiger partial charge in [-0.25, -0.2) is 9.97 Å². The van der Waals surface area contributed by atoms with Crippen molar-refractivity contribution in [3.05, 3.63) is 42.2 Å². The number of thiocarbonyl (C=S) groups is 1. The van der Waals surface area contributed by atoms with E-state index in [9.17, 15) is 4.79 Å². The lowest BCUT2D eigenvalue weighted by molar-refractivity contribution is 0.0939. The van der Waals surface area contributed by atoms with Gasteiger partial charge in [0.25, 0.3) is 5.91 Å². The molecule has 0 saturated heterocycles. The minimum atomic E-state index is -0.428. The molecule has 2 aromatic heterocycles. The lowest BCUT2D eigenvalue weighted by Gasteiger charge is -2.09. The monoisotopic (exact) mass is 389 g/mol. The predicted molar refractivity (Wildman–Crippen MR) is 104 cm³/mol. The normalized spacial score (nSPS) is 10.2. The Kier molecular flexibility index (Phi) is 5.44. The van der Waals surface area contributed by atoms with Crippen molar-refractivity contribution in [1.82, 2.24) is 20.8 Å². The molecule has 134 valence electrons. The van der Waals surface area contributed by atoms with E-state index in [4.69, 9.17) is 21.7 Å². The molecule has 0 atom stereocenters. The number of thiazole rings is 1. The number of rotatable bonds is 4. The number of ether oxygens (including phenoxy) is 2. The Hall–Kier alpha value is -2.98. The molecular weight excluding hydrogens is 374 g/mol. The Bertz CT molecular complexity index is 943. The summed E-state index contributed by atoms with van der Waals surface area (Å²) in [5.74, 6) is 0.824. The van der Waals surface area contributed by atoms with Crippen molar-refractivity contribution in [2.45, 2.75) is 0 Å². The number of nitrogens with one attached hydrogen (secondary N) is 3. The third-order valence-electron chi connectivity index (χ3n) is 3.32. The van der Waals surface area contributed by atoms with Crippen molar-refractivity contribution >= 4 is 49.9 Å². The Morgan fingerprint density at radius 2 is 2.00 bits per heavy atom. The van der Waals surface area contributed by atoms with Gasteiger partial charge in [-0.15, -0.1) is 0 Å². The summed E-state index contributed by atoms with van der Waals surface area (Å²) in [4.78, 5) is 20.5. The zero-order chi connectivity index (χ0) is 18.5. The number of para-hydroxylation sites is 1. The highest BCUT2D eigenvalue weighted by Crippen LogP contribution is 2.31. The first-order valence-electron chi connectivity index (χ1n) is 7.41. The van der Waals surface area contributed by atoms with Crippen LogP contribution in [0.3, 0.4) is 0 Å². The Labute approximate surface area is 158 Å². The molecular formula is C16H15N5O3S2. The van der Waals surface area contributed by atoms with E-state index in [0.29, 0.717) is 16.6 Å². The molecule has 0 aliphatic carbocycles. The second kappa shape index (κ2) is 7.93. The number of hydrogen-bond donors (Lipinski definition) is 3.